The van der Waals surface area contributed by atoms with Gasteiger partial charge in [0, 0.05) is 5.57 Å². The monoisotopic (exact) mass is 376 g/mol. The van der Waals surface area contributed by atoms with Gasteiger partial charge in [0.25, 0.3) is 0 Å². The van der Waals surface area contributed by atoms with Gasteiger partial charge in [-0.2, -0.15) is 10.5 Å². The van der Waals surface area contributed by atoms with Gasteiger partial charge in [-0.15, -0.1) is 0 Å². The third-order valence-electron chi connectivity index (χ3n) is 2.76. The van der Waals surface area contributed by atoms with E-state index in [1.54, 1.807) is 0 Å². The molecule has 0 fully saturated rings. The lowest BCUT2D eigenvalue weighted by atomic mass is 10.0. The Hall–Kier alpha value is -2.01. The van der Waals surface area contributed by atoms with Crippen LogP contribution >= 0.6 is 0 Å². The Labute approximate surface area is 146 Å². The van der Waals surface area contributed by atoms with Crippen molar-refractivity contribution in [1.29, 1.82) is 10.5 Å². The first kappa shape index (κ1) is 23.0. The molecule has 10 heteroatoms. The molecule has 0 radical (unpaired) electrons. The van der Waals surface area contributed by atoms with Crippen LogP contribution in [-0.4, -0.2) is 47.9 Å². The Morgan fingerprint density at radius 1 is 0.960 bits per heavy atom. The Morgan fingerprint density at radius 3 is 1.76 bits per heavy atom. The molecule has 0 amide bonds. The highest BCUT2D eigenvalue weighted by molar-refractivity contribution is 7.97. The molecular weight excluding hydrogens is 359 g/mol. The Balaban J connectivity index is 0.00000101. The number of hydrogen-bond donors (Lipinski definition) is 2. The second kappa shape index (κ2) is 12.4. The molecule has 0 saturated heterocycles. The van der Waals surface area contributed by atoms with E-state index >= 15 is 0 Å². The van der Waals surface area contributed by atoms with E-state index in [-0.39, 0.29) is 29.7 Å². The molecular formula is C15H17BF4N2O2S. The average Bonchev–Trinajstić information content (AvgIpc) is 2.54. The third kappa shape index (κ3) is 11.2. The molecule has 2 N–H and O–H groups in total. The molecule has 136 valence electrons. The van der Waals surface area contributed by atoms with Crippen LogP contribution in [0.25, 0.3) is 5.57 Å². The van der Waals surface area contributed by atoms with E-state index < -0.39 is 7.25 Å². The van der Waals surface area contributed by atoms with Crippen molar-refractivity contribution in [3.63, 3.8) is 0 Å². The van der Waals surface area contributed by atoms with Crippen LogP contribution < -0.4 is 0 Å². The lowest BCUT2D eigenvalue weighted by molar-refractivity contribution is 0.316. The quantitative estimate of drug-likeness (QED) is 0.331. The lowest BCUT2D eigenvalue weighted by Crippen LogP contribution is -2.22. The topological polar surface area (TPSA) is 88.0 Å². The van der Waals surface area contributed by atoms with E-state index in [1.807, 2.05) is 42.5 Å². The predicted octanol–water partition coefficient (Wildman–Crippen LogP) is 2.39. The highest BCUT2D eigenvalue weighted by Crippen LogP contribution is 2.21. The van der Waals surface area contributed by atoms with Crippen molar-refractivity contribution in [2.75, 3.05) is 30.5 Å². The number of allylic oxidation sites excluding steroid dienone is 1. The van der Waals surface area contributed by atoms with E-state index in [9.17, 15) is 17.3 Å². The van der Waals surface area contributed by atoms with Gasteiger partial charge in [0.2, 0.25) is 0 Å². The molecule has 0 unspecified atom stereocenters. The van der Waals surface area contributed by atoms with Gasteiger partial charge < -0.3 is 27.5 Å². The van der Waals surface area contributed by atoms with Gasteiger partial charge in [0.1, 0.15) is 35.0 Å². The number of benzene rings is 1. The normalized spacial score (nSPS) is 10.3. The summed E-state index contributed by atoms with van der Waals surface area (Å²) in [6.45, 7) is 0.0826. The number of halogens is 4. The molecule has 0 saturated carbocycles. The minimum Gasteiger partial charge on any atom is -0.418 e. The predicted molar refractivity (Wildman–Crippen MR) is 90.9 cm³/mol. The summed E-state index contributed by atoms with van der Waals surface area (Å²) in [5.74, 6) is 1.67. The van der Waals surface area contributed by atoms with Crippen LogP contribution in [0.2, 0.25) is 0 Å². The first-order valence-electron chi connectivity index (χ1n) is 7.08. The number of nitriles is 2. The summed E-state index contributed by atoms with van der Waals surface area (Å²) < 4.78 is 39.0. The molecule has 0 aliphatic rings. The van der Waals surface area contributed by atoms with E-state index in [4.69, 9.17) is 20.7 Å². The Bertz CT molecular complexity index is 599. The number of hydrogen-bond acceptors (Lipinski definition) is 4. The second-order valence-electron chi connectivity index (χ2n) is 4.55. The van der Waals surface area contributed by atoms with Crippen molar-refractivity contribution in [2.24, 2.45) is 0 Å². The standard InChI is InChI=1S/C15H17N2O2S.BF4/c16-10-14(11-17)15(13-4-2-1-3-5-13)12-20(8-6-18)9-7-19;2-1(3,4)5/h1-5,18-19H,6-9,12H2;/q+1;-1. The summed E-state index contributed by atoms with van der Waals surface area (Å²) in [7, 11) is -6.24. The van der Waals surface area contributed by atoms with Crippen LogP contribution in [0.3, 0.4) is 0 Å². The maximum atomic E-state index is 9.75. The lowest BCUT2D eigenvalue weighted by Gasteiger charge is -2.10. The Kier molecular flexibility index (Phi) is 11.4. The van der Waals surface area contributed by atoms with Gasteiger partial charge in [-0.1, -0.05) is 30.3 Å². The summed E-state index contributed by atoms with van der Waals surface area (Å²) in [5.41, 5.74) is 1.64. The van der Waals surface area contributed by atoms with Crippen LogP contribution in [0.1, 0.15) is 5.56 Å². The first-order valence-corrected chi connectivity index (χ1v) is 8.81. The van der Waals surface area contributed by atoms with Crippen molar-refractivity contribution < 1.29 is 27.5 Å². The molecule has 1 aromatic rings. The van der Waals surface area contributed by atoms with E-state index in [2.05, 4.69) is 0 Å². The highest BCUT2D eigenvalue weighted by atomic mass is 32.2. The minimum absolute atomic E-state index is 0.0413. The molecule has 4 nitrogen and oxygen atoms in total. The molecule has 0 aliphatic heterocycles. The van der Waals surface area contributed by atoms with Crippen LogP contribution in [0.5, 0.6) is 0 Å². The fourth-order valence-electron chi connectivity index (χ4n) is 1.81. The Morgan fingerprint density at radius 2 is 1.40 bits per heavy atom. The molecule has 25 heavy (non-hydrogen) atoms. The summed E-state index contributed by atoms with van der Waals surface area (Å²) in [4.78, 5) is 0. The third-order valence-corrected chi connectivity index (χ3v) is 4.97. The number of rotatable bonds is 7. The number of aliphatic hydroxyl groups excluding tert-OH is 2. The number of aliphatic hydroxyl groups is 2. The van der Waals surface area contributed by atoms with Gasteiger partial charge in [-0.3, -0.25) is 0 Å². The zero-order chi connectivity index (χ0) is 19.3. The fraction of sp³-hybridized carbons (Fsp3) is 0.333. The maximum absolute atomic E-state index is 9.75. The maximum Gasteiger partial charge on any atom is 0.673 e. The molecule has 0 aromatic heterocycles. The molecule has 0 atom stereocenters. The first-order chi connectivity index (χ1) is 11.8. The minimum atomic E-state index is -6.00. The smallest absolute Gasteiger partial charge is 0.418 e. The van der Waals surface area contributed by atoms with Gasteiger partial charge in [0.15, 0.2) is 0 Å². The van der Waals surface area contributed by atoms with Gasteiger partial charge in [0.05, 0.1) is 13.2 Å². The fourth-order valence-corrected chi connectivity index (χ4v) is 3.54. The summed E-state index contributed by atoms with van der Waals surface area (Å²) in [5, 5.41) is 36.4. The second-order valence-corrected chi connectivity index (χ2v) is 6.88. The van der Waals surface area contributed by atoms with Gasteiger partial charge in [-0.25, -0.2) is 0 Å². The van der Waals surface area contributed by atoms with E-state index in [0.29, 0.717) is 22.8 Å². The summed E-state index contributed by atoms with van der Waals surface area (Å²) in [6, 6.07) is 13.2. The van der Waals surface area contributed by atoms with Crippen molar-refractivity contribution in [2.45, 2.75) is 0 Å². The number of nitrogens with zero attached hydrogens (tertiary/aromatic N) is 2. The molecule has 1 rings (SSSR count). The summed E-state index contributed by atoms with van der Waals surface area (Å²) >= 11 is 0. The molecule has 0 heterocycles. The summed E-state index contributed by atoms with van der Waals surface area (Å²) in [6.07, 6.45) is 0. The van der Waals surface area contributed by atoms with Crippen molar-refractivity contribution in [3.8, 4) is 12.1 Å². The largest absolute Gasteiger partial charge is 0.673 e. The van der Waals surface area contributed by atoms with Gasteiger partial charge in [-0.05, 0) is 16.5 Å². The van der Waals surface area contributed by atoms with Crippen LogP contribution in [-0.2, 0) is 10.9 Å². The van der Waals surface area contributed by atoms with E-state index in [0.717, 1.165) is 5.56 Å². The highest BCUT2D eigenvalue weighted by Gasteiger charge is 2.23. The average molecular weight is 376 g/mol. The molecule has 0 aliphatic carbocycles. The SMILES string of the molecule is F[B-](F)(F)F.N#CC(C#N)=C(C[S+](CCO)CCO)c1ccccc1. The van der Waals surface area contributed by atoms with Crippen molar-refractivity contribution in [3.05, 3.63) is 41.5 Å². The van der Waals surface area contributed by atoms with Crippen molar-refractivity contribution >= 4 is 23.7 Å². The van der Waals surface area contributed by atoms with E-state index in [1.165, 1.54) is 0 Å². The molecule has 0 bridgehead atoms. The molecule has 0 spiro atoms. The van der Waals surface area contributed by atoms with Crippen LogP contribution in [0.15, 0.2) is 35.9 Å². The molecule has 1 aromatic carbocycles. The van der Waals surface area contributed by atoms with Crippen LogP contribution in [0, 0.1) is 22.7 Å². The van der Waals surface area contributed by atoms with Crippen molar-refractivity contribution in [1.82, 2.24) is 0 Å². The van der Waals surface area contributed by atoms with Crippen LogP contribution in [0.4, 0.5) is 17.3 Å². The zero-order valence-electron chi connectivity index (χ0n) is 13.2. The zero-order valence-corrected chi connectivity index (χ0v) is 14.0. The van der Waals surface area contributed by atoms with Gasteiger partial charge >= 0.3 is 7.25 Å².